The van der Waals surface area contributed by atoms with E-state index in [0.717, 1.165) is 0 Å². The number of nitrogens with one attached hydrogen (secondary N) is 1. The number of carbonyl (C=O) groups excluding carboxylic acids is 1. The van der Waals surface area contributed by atoms with Gasteiger partial charge in [-0.25, -0.2) is 4.98 Å². The van der Waals surface area contributed by atoms with Gasteiger partial charge < -0.3 is 10.1 Å². The second kappa shape index (κ2) is 6.53. The lowest BCUT2D eigenvalue weighted by Crippen LogP contribution is -2.62. The Hall–Kier alpha value is -1.92. The van der Waals surface area contributed by atoms with Crippen molar-refractivity contribution in [3.8, 4) is 10.9 Å². The highest BCUT2D eigenvalue weighted by atomic mass is 32.1. The highest BCUT2D eigenvalue weighted by Gasteiger charge is 2.40. The topological polar surface area (TPSA) is 54.5 Å². The molecule has 1 amide bonds. The molecule has 2 bridgehead atoms. The summed E-state index contributed by atoms with van der Waals surface area (Å²) < 4.78 is 5.69. The molecular weight excluding hydrogens is 322 g/mol. The first-order valence-electron chi connectivity index (χ1n) is 8.44. The molecule has 5 heterocycles. The monoisotopic (exact) mass is 343 g/mol. The largest absolute Gasteiger partial charge is 0.428 e. The van der Waals surface area contributed by atoms with Crippen molar-refractivity contribution in [3.05, 3.63) is 41.4 Å². The predicted molar refractivity (Wildman–Crippen MR) is 93.6 cm³/mol. The van der Waals surface area contributed by atoms with Crippen molar-refractivity contribution >= 4 is 17.2 Å². The number of rotatable bonds is 4. The fourth-order valence-corrected chi connectivity index (χ4v) is 4.54. The van der Waals surface area contributed by atoms with Crippen molar-refractivity contribution in [1.29, 1.82) is 0 Å². The van der Waals surface area contributed by atoms with Crippen LogP contribution in [0, 0.1) is 5.92 Å². The van der Waals surface area contributed by atoms with Gasteiger partial charge in [-0.3, -0.25) is 9.69 Å². The molecule has 0 spiro atoms. The molecule has 1 N–H and O–H groups in total. The first-order chi connectivity index (χ1) is 11.7. The lowest BCUT2D eigenvalue weighted by atomic mass is 9.79. The molecule has 0 saturated carbocycles. The molecule has 5 rings (SSSR count). The van der Waals surface area contributed by atoms with Crippen molar-refractivity contribution < 1.29 is 9.53 Å². The lowest BCUT2D eigenvalue weighted by Gasteiger charge is -2.49. The van der Waals surface area contributed by atoms with Crippen molar-refractivity contribution in [2.45, 2.75) is 31.8 Å². The number of aromatic nitrogens is 1. The van der Waals surface area contributed by atoms with Gasteiger partial charge in [0, 0.05) is 24.3 Å². The molecule has 5 nitrogen and oxygen atoms in total. The third-order valence-corrected chi connectivity index (χ3v) is 6.09. The Morgan fingerprint density at radius 2 is 2.12 bits per heavy atom. The number of nitrogens with zero attached hydrogens (tertiary/aromatic N) is 2. The van der Waals surface area contributed by atoms with Gasteiger partial charge in [0.1, 0.15) is 0 Å². The van der Waals surface area contributed by atoms with Crippen LogP contribution in [0.3, 0.4) is 0 Å². The van der Waals surface area contributed by atoms with Gasteiger partial charge in [-0.05, 0) is 57.0 Å². The summed E-state index contributed by atoms with van der Waals surface area (Å²) >= 11 is 1.36. The van der Waals surface area contributed by atoms with Crippen LogP contribution in [-0.2, 0) is 0 Å². The van der Waals surface area contributed by atoms with Gasteiger partial charge in [-0.2, -0.15) is 0 Å². The van der Waals surface area contributed by atoms with Gasteiger partial charge in [0.05, 0.1) is 4.88 Å². The molecule has 3 aliphatic rings. The third kappa shape index (κ3) is 3.03. The average Bonchev–Trinajstić information content (AvgIpc) is 3.08. The van der Waals surface area contributed by atoms with Crippen LogP contribution in [-0.4, -0.2) is 41.0 Å². The van der Waals surface area contributed by atoms with Gasteiger partial charge in [0.25, 0.3) is 5.91 Å². The van der Waals surface area contributed by atoms with Crippen LogP contribution in [0.4, 0.5) is 0 Å². The Balaban J connectivity index is 1.42. The number of fused-ring (bicyclic) bond motifs is 3. The van der Waals surface area contributed by atoms with E-state index in [1.165, 1.54) is 37.3 Å². The van der Waals surface area contributed by atoms with Crippen LogP contribution in [0.2, 0.25) is 0 Å². The summed E-state index contributed by atoms with van der Waals surface area (Å²) in [4.78, 5) is 19.9. The molecule has 3 aliphatic heterocycles. The van der Waals surface area contributed by atoms with E-state index in [9.17, 15) is 4.79 Å². The van der Waals surface area contributed by atoms with E-state index in [4.69, 9.17) is 4.74 Å². The van der Waals surface area contributed by atoms with Crippen LogP contribution in [0.25, 0.3) is 0 Å². The van der Waals surface area contributed by atoms with Crippen LogP contribution in [0.5, 0.6) is 10.9 Å². The summed E-state index contributed by atoms with van der Waals surface area (Å²) in [7, 11) is 0. The molecule has 24 heavy (non-hydrogen) atoms. The molecule has 3 saturated heterocycles. The molecule has 0 radical (unpaired) electrons. The molecule has 6 heteroatoms. The summed E-state index contributed by atoms with van der Waals surface area (Å²) in [5.74, 6) is 1.15. The summed E-state index contributed by atoms with van der Waals surface area (Å²) in [6, 6.07) is 9.84. The third-order valence-electron chi connectivity index (χ3n) is 5.12. The molecule has 0 aliphatic carbocycles. The Kier molecular flexibility index (Phi) is 4.24. The molecular formula is C18H21N3O2S. The zero-order valence-electron chi connectivity index (χ0n) is 13.6. The maximum absolute atomic E-state index is 12.6. The lowest BCUT2D eigenvalue weighted by molar-refractivity contribution is 0.0218. The summed E-state index contributed by atoms with van der Waals surface area (Å²) in [5.41, 5.74) is 0. The van der Waals surface area contributed by atoms with E-state index in [1.54, 1.807) is 12.3 Å². The number of hydrogen-bond acceptors (Lipinski definition) is 5. The first-order valence-corrected chi connectivity index (χ1v) is 9.26. The zero-order valence-corrected chi connectivity index (χ0v) is 14.5. The van der Waals surface area contributed by atoms with Crippen molar-refractivity contribution in [3.63, 3.8) is 0 Å². The van der Waals surface area contributed by atoms with Gasteiger partial charge in [0.2, 0.25) is 5.88 Å². The van der Waals surface area contributed by atoms with Gasteiger partial charge in [-0.15, -0.1) is 0 Å². The Morgan fingerprint density at radius 3 is 2.83 bits per heavy atom. The van der Waals surface area contributed by atoms with Crippen LogP contribution >= 0.6 is 11.3 Å². The number of pyridine rings is 1. The number of hydrogen-bond donors (Lipinski definition) is 1. The summed E-state index contributed by atoms with van der Waals surface area (Å²) in [6.07, 6.45) is 4.06. The van der Waals surface area contributed by atoms with Crippen molar-refractivity contribution in [2.24, 2.45) is 5.92 Å². The summed E-state index contributed by atoms with van der Waals surface area (Å²) in [6.45, 7) is 4.55. The molecule has 2 aromatic rings. The van der Waals surface area contributed by atoms with Gasteiger partial charge >= 0.3 is 0 Å². The normalized spacial score (nSPS) is 28.5. The molecule has 0 aromatic carbocycles. The highest BCUT2D eigenvalue weighted by Crippen LogP contribution is 2.33. The van der Waals surface area contributed by atoms with Crippen LogP contribution in [0.1, 0.15) is 29.4 Å². The molecule has 126 valence electrons. The maximum atomic E-state index is 12.6. The second-order valence-electron chi connectivity index (χ2n) is 6.50. The van der Waals surface area contributed by atoms with Crippen molar-refractivity contribution in [1.82, 2.24) is 15.2 Å². The van der Waals surface area contributed by atoms with Crippen LogP contribution in [0.15, 0.2) is 36.5 Å². The average molecular weight is 343 g/mol. The number of amides is 1. The minimum absolute atomic E-state index is 0.00136. The predicted octanol–water partition coefficient (Wildman–Crippen LogP) is 3.15. The first kappa shape index (κ1) is 15.6. The van der Waals surface area contributed by atoms with E-state index in [-0.39, 0.29) is 11.9 Å². The molecule has 3 fully saturated rings. The molecule has 2 aromatic heterocycles. The summed E-state index contributed by atoms with van der Waals surface area (Å²) in [5, 5.41) is 3.93. The van der Waals surface area contributed by atoms with E-state index in [1.807, 2.05) is 24.3 Å². The maximum Gasteiger partial charge on any atom is 0.261 e. The van der Waals surface area contributed by atoms with Crippen molar-refractivity contribution in [2.75, 3.05) is 13.1 Å². The zero-order chi connectivity index (χ0) is 16.5. The Labute approximate surface area is 145 Å². The van der Waals surface area contributed by atoms with E-state index < -0.39 is 0 Å². The fraction of sp³-hybridized carbons (Fsp3) is 0.444. The highest BCUT2D eigenvalue weighted by molar-refractivity contribution is 7.15. The SMILES string of the molecule is CC1C(NC(=O)c2ccc(Oc3ccccn3)s2)C2CCN1CC2. The number of thiophene rings is 1. The van der Waals surface area contributed by atoms with Crippen LogP contribution < -0.4 is 10.1 Å². The minimum Gasteiger partial charge on any atom is -0.428 e. The minimum atomic E-state index is 0.00136. The Morgan fingerprint density at radius 1 is 1.29 bits per heavy atom. The second-order valence-corrected chi connectivity index (χ2v) is 7.55. The molecule has 2 unspecified atom stereocenters. The Bertz CT molecular complexity index is 708. The van der Waals surface area contributed by atoms with E-state index >= 15 is 0 Å². The number of carbonyl (C=O) groups is 1. The van der Waals surface area contributed by atoms with E-state index in [2.05, 4.69) is 22.1 Å². The van der Waals surface area contributed by atoms with Gasteiger partial charge in [0.15, 0.2) is 5.06 Å². The van der Waals surface area contributed by atoms with E-state index in [0.29, 0.717) is 27.8 Å². The standard InChI is InChI=1S/C18H21N3O2S/c1-12-17(13-7-10-21(12)11-8-13)20-18(22)14-5-6-16(24-14)23-15-4-2-3-9-19-15/h2-6,9,12-13,17H,7-8,10-11H2,1H3,(H,20,22). The number of piperidine rings is 3. The molecule has 2 atom stereocenters. The fourth-order valence-electron chi connectivity index (χ4n) is 3.78. The quantitative estimate of drug-likeness (QED) is 0.926. The van der Waals surface area contributed by atoms with Gasteiger partial charge in [-0.1, -0.05) is 17.4 Å². The smallest absolute Gasteiger partial charge is 0.261 e. The number of ether oxygens (including phenoxy) is 1.